The van der Waals surface area contributed by atoms with Crippen LogP contribution in [0.25, 0.3) is 0 Å². The molecule has 0 nitrogen and oxygen atoms in total. The molecule has 1 aliphatic rings. The van der Waals surface area contributed by atoms with Crippen LogP contribution in [0.3, 0.4) is 0 Å². The van der Waals surface area contributed by atoms with Crippen LogP contribution in [0, 0.1) is 35.5 Å². The van der Waals surface area contributed by atoms with Gasteiger partial charge in [0, 0.05) is 0 Å². The molecule has 0 aromatic heterocycles. The van der Waals surface area contributed by atoms with Gasteiger partial charge in [0.2, 0.25) is 0 Å². The van der Waals surface area contributed by atoms with Gasteiger partial charge in [-0.3, -0.25) is 0 Å². The standard InChI is InChI=1S/C25H50/c1-7-21(5)22(6)19-25-18-17-23(8-2)14-10-9-11-15-24(25)16-12-13-20(3)4/h20-25H,7-19H2,1-6H3. The van der Waals surface area contributed by atoms with E-state index in [1.807, 2.05) is 0 Å². The maximum absolute atomic E-state index is 2.54. The molecule has 0 N–H and O–H groups in total. The zero-order valence-corrected chi connectivity index (χ0v) is 18.7. The summed E-state index contributed by atoms with van der Waals surface area (Å²) in [4.78, 5) is 0. The first-order valence-electron chi connectivity index (χ1n) is 12.0. The highest BCUT2D eigenvalue weighted by Crippen LogP contribution is 2.38. The molecule has 1 saturated carbocycles. The van der Waals surface area contributed by atoms with Crippen molar-refractivity contribution in [2.24, 2.45) is 35.5 Å². The Morgan fingerprint density at radius 1 is 0.760 bits per heavy atom. The van der Waals surface area contributed by atoms with Crippen molar-refractivity contribution in [3.8, 4) is 0 Å². The van der Waals surface area contributed by atoms with Gasteiger partial charge in [0.1, 0.15) is 0 Å². The average molecular weight is 351 g/mol. The topological polar surface area (TPSA) is 0 Å². The van der Waals surface area contributed by atoms with Gasteiger partial charge in [-0.1, -0.05) is 112 Å². The summed E-state index contributed by atoms with van der Waals surface area (Å²) in [5, 5.41) is 0. The van der Waals surface area contributed by atoms with Gasteiger partial charge in [-0.15, -0.1) is 0 Å². The Bertz CT molecular complexity index is 305. The van der Waals surface area contributed by atoms with E-state index in [1.54, 1.807) is 0 Å². The third-order valence-electron chi connectivity index (χ3n) is 7.52. The van der Waals surface area contributed by atoms with Crippen LogP contribution >= 0.6 is 0 Å². The Labute approximate surface area is 160 Å². The van der Waals surface area contributed by atoms with E-state index in [0.717, 1.165) is 35.5 Å². The van der Waals surface area contributed by atoms with E-state index in [9.17, 15) is 0 Å². The molecule has 150 valence electrons. The first kappa shape index (κ1) is 23.0. The third kappa shape index (κ3) is 9.48. The fourth-order valence-corrected chi connectivity index (χ4v) is 5.08. The molecule has 5 atom stereocenters. The third-order valence-corrected chi connectivity index (χ3v) is 7.52. The lowest BCUT2D eigenvalue weighted by Gasteiger charge is -2.33. The minimum absolute atomic E-state index is 0.876. The van der Waals surface area contributed by atoms with Gasteiger partial charge < -0.3 is 0 Å². The second kappa shape index (κ2) is 13.2. The zero-order chi connectivity index (χ0) is 18.7. The fourth-order valence-electron chi connectivity index (χ4n) is 5.08. The maximum Gasteiger partial charge on any atom is -0.0383 e. The highest BCUT2D eigenvalue weighted by atomic mass is 14.3. The normalized spacial score (nSPS) is 28.7. The van der Waals surface area contributed by atoms with Crippen molar-refractivity contribution >= 4 is 0 Å². The van der Waals surface area contributed by atoms with E-state index in [2.05, 4.69) is 41.5 Å². The molecule has 0 aromatic rings. The van der Waals surface area contributed by atoms with Gasteiger partial charge in [-0.05, 0) is 48.3 Å². The van der Waals surface area contributed by atoms with Crippen LogP contribution in [-0.2, 0) is 0 Å². The first-order chi connectivity index (χ1) is 12.0. The maximum atomic E-state index is 2.54. The van der Waals surface area contributed by atoms with Gasteiger partial charge in [0.15, 0.2) is 0 Å². The summed E-state index contributed by atoms with van der Waals surface area (Å²) in [6.07, 6.45) is 19.2. The molecule has 1 aliphatic carbocycles. The number of hydrogen-bond acceptors (Lipinski definition) is 0. The Balaban J connectivity index is 2.73. The molecule has 0 spiro atoms. The Morgan fingerprint density at radius 2 is 1.48 bits per heavy atom. The highest BCUT2D eigenvalue weighted by Gasteiger charge is 2.26. The lowest BCUT2D eigenvalue weighted by atomic mass is 9.72. The van der Waals surface area contributed by atoms with Gasteiger partial charge >= 0.3 is 0 Å². The van der Waals surface area contributed by atoms with Crippen LogP contribution in [0.5, 0.6) is 0 Å². The molecule has 0 bridgehead atoms. The van der Waals surface area contributed by atoms with E-state index >= 15 is 0 Å². The quantitative estimate of drug-likeness (QED) is 0.389. The molecular weight excluding hydrogens is 300 g/mol. The van der Waals surface area contributed by atoms with Crippen molar-refractivity contribution in [1.29, 1.82) is 0 Å². The van der Waals surface area contributed by atoms with E-state index in [1.165, 1.54) is 83.5 Å². The molecule has 0 amide bonds. The summed E-state index contributed by atoms with van der Waals surface area (Å²) in [6, 6.07) is 0. The number of rotatable bonds is 9. The van der Waals surface area contributed by atoms with Crippen LogP contribution in [0.4, 0.5) is 0 Å². The van der Waals surface area contributed by atoms with Crippen molar-refractivity contribution < 1.29 is 0 Å². The van der Waals surface area contributed by atoms with Crippen LogP contribution in [0.1, 0.15) is 125 Å². The van der Waals surface area contributed by atoms with Crippen LogP contribution in [-0.4, -0.2) is 0 Å². The Morgan fingerprint density at radius 3 is 2.12 bits per heavy atom. The van der Waals surface area contributed by atoms with E-state index in [-0.39, 0.29) is 0 Å². The van der Waals surface area contributed by atoms with Crippen molar-refractivity contribution in [3.05, 3.63) is 0 Å². The summed E-state index contributed by atoms with van der Waals surface area (Å²) in [5.74, 6) is 5.71. The lowest BCUT2D eigenvalue weighted by molar-refractivity contribution is 0.177. The van der Waals surface area contributed by atoms with Gasteiger partial charge in [0.25, 0.3) is 0 Å². The Hall–Kier alpha value is 0. The zero-order valence-electron chi connectivity index (χ0n) is 18.7. The predicted molar refractivity (Wildman–Crippen MR) is 115 cm³/mol. The summed E-state index contributed by atoms with van der Waals surface area (Å²) in [6.45, 7) is 14.6. The highest BCUT2D eigenvalue weighted by molar-refractivity contribution is 4.77. The minimum atomic E-state index is 0.876. The molecule has 0 aromatic carbocycles. The Kier molecular flexibility index (Phi) is 12.2. The molecule has 0 radical (unpaired) electrons. The van der Waals surface area contributed by atoms with Crippen molar-refractivity contribution in [2.75, 3.05) is 0 Å². The van der Waals surface area contributed by atoms with Crippen molar-refractivity contribution in [2.45, 2.75) is 125 Å². The van der Waals surface area contributed by atoms with Crippen molar-refractivity contribution in [1.82, 2.24) is 0 Å². The molecule has 0 heteroatoms. The second-order valence-corrected chi connectivity index (χ2v) is 9.93. The van der Waals surface area contributed by atoms with Crippen molar-refractivity contribution in [3.63, 3.8) is 0 Å². The minimum Gasteiger partial charge on any atom is -0.0651 e. The van der Waals surface area contributed by atoms with E-state index in [4.69, 9.17) is 0 Å². The molecule has 5 unspecified atom stereocenters. The molecule has 25 heavy (non-hydrogen) atoms. The van der Waals surface area contributed by atoms with Gasteiger partial charge in [0.05, 0.1) is 0 Å². The number of hydrogen-bond donors (Lipinski definition) is 0. The van der Waals surface area contributed by atoms with Crippen LogP contribution in [0.15, 0.2) is 0 Å². The summed E-state index contributed by atoms with van der Waals surface area (Å²) >= 11 is 0. The summed E-state index contributed by atoms with van der Waals surface area (Å²) in [7, 11) is 0. The molecule has 0 heterocycles. The van der Waals surface area contributed by atoms with Crippen LogP contribution < -0.4 is 0 Å². The molecule has 1 rings (SSSR count). The fraction of sp³-hybridized carbons (Fsp3) is 1.00. The van der Waals surface area contributed by atoms with E-state index in [0.29, 0.717) is 0 Å². The van der Waals surface area contributed by atoms with E-state index < -0.39 is 0 Å². The molecule has 0 saturated heterocycles. The van der Waals surface area contributed by atoms with Gasteiger partial charge in [-0.2, -0.15) is 0 Å². The largest absolute Gasteiger partial charge is 0.0651 e. The first-order valence-corrected chi connectivity index (χ1v) is 12.0. The lowest BCUT2D eigenvalue weighted by Crippen LogP contribution is -2.22. The van der Waals surface area contributed by atoms with Crippen LogP contribution in [0.2, 0.25) is 0 Å². The van der Waals surface area contributed by atoms with Gasteiger partial charge in [-0.25, -0.2) is 0 Å². The summed E-state index contributed by atoms with van der Waals surface area (Å²) < 4.78 is 0. The average Bonchev–Trinajstić information content (AvgIpc) is 2.60. The molecular formula is C25H50. The molecule has 0 aliphatic heterocycles. The second-order valence-electron chi connectivity index (χ2n) is 9.93. The SMILES string of the molecule is CCC1CCCCCC(CCCC(C)C)C(CC(C)C(C)CC)CC1. The predicted octanol–water partition coefficient (Wildman–Crippen LogP) is 8.89. The summed E-state index contributed by atoms with van der Waals surface area (Å²) in [5.41, 5.74) is 0. The monoisotopic (exact) mass is 350 g/mol. The molecule has 1 fully saturated rings. The smallest absolute Gasteiger partial charge is 0.0383 e.